The molecule has 0 amide bonds. The number of ether oxygens (including phenoxy) is 1. The van der Waals surface area contributed by atoms with Gasteiger partial charge in [0.1, 0.15) is 0 Å². The molecule has 1 aliphatic heterocycles. The quantitative estimate of drug-likeness (QED) is 0.806. The Morgan fingerprint density at radius 3 is 3.24 bits per heavy atom. The second kappa shape index (κ2) is 5.21. The number of H-pyrrole nitrogens is 1. The van der Waals surface area contributed by atoms with Gasteiger partial charge in [-0.15, -0.1) is 0 Å². The van der Waals surface area contributed by atoms with E-state index < -0.39 is 0 Å². The molecule has 2 heterocycles. The van der Waals surface area contributed by atoms with E-state index in [-0.39, 0.29) is 11.9 Å². The number of aryl methyl sites for hydroxylation is 1. The van der Waals surface area contributed by atoms with E-state index in [4.69, 9.17) is 4.74 Å². The zero-order valence-corrected chi connectivity index (χ0v) is 10.4. The van der Waals surface area contributed by atoms with Gasteiger partial charge in [-0.2, -0.15) is 5.10 Å². The molecule has 2 rings (SSSR count). The van der Waals surface area contributed by atoms with Crippen molar-refractivity contribution in [3.63, 3.8) is 0 Å². The van der Waals surface area contributed by atoms with Crippen molar-refractivity contribution in [1.82, 2.24) is 10.2 Å². The van der Waals surface area contributed by atoms with Gasteiger partial charge in [0.25, 0.3) is 0 Å². The minimum atomic E-state index is -0.101. The van der Waals surface area contributed by atoms with Crippen LogP contribution in [0, 0.1) is 5.92 Å². The summed E-state index contributed by atoms with van der Waals surface area (Å²) >= 11 is 0. The molecule has 94 valence electrons. The van der Waals surface area contributed by atoms with Crippen LogP contribution in [0.25, 0.3) is 0 Å². The largest absolute Gasteiger partial charge is 0.469 e. The van der Waals surface area contributed by atoms with E-state index >= 15 is 0 Å². The number of carbonyl (C=O) groups excluding carboxylic acids is 1. The van der Waals surface area contributed by atoms with Gasteiger partial charge < -0.3 is 9.64 Å². The second-order valence-electron chi connectivity index (χ2n) is 4.40. The number of nitrogens with one attached hydrogen (secondary N) is 1. The van der Waals surface area contributed by atoms with E-state index in [1.54, 1.807) is 0 Å². The van der Waals surface area contributed by atoms with Crippen LogP contribution in [-0.2, 0) is 16.0 Å². The van der Waals surface area contributed by atoms with Crippen LogP contribution >= 0.6 is 0 Å². The lowest BCUT2D eigenvalue weighted by Crippen LogP contribution is -2.39. The monoisotopic (exact) mass is 237 g/mol. The third-order valence-corrected chi connectivity index (χ3v) is 3.35. The number of methoxy groups -OCH3 is 1. The SMILES string of the molecule is CCc1[nH]ncc1N1CCCC(C(=O)OC)C1. The summed E-state index contributed by atoms with van der Waals surface area (Å²) in [6.45, 7) is 3.82. The molecule has 5 heteroatoms. The molecular weight excluding hydrogens is 218 g/mol. The van der Waals surface area contributed by atoms with Gasteiger partial charge >= 0.3 is 5.97 Å². The average Bonchev–Trinajstić information content (AvgIpc) is 2.86. The lowest BCUT2D eigenvalue weighted by molar-refractivity contribution is -0.145. The van der Waals surface area contributed by atoms with Gasteiger partial charge in [-0.25, -0.2) is 0 Å². The standard InChI is InChI=1S/C12H19N3O2/c1-3-10-11(7-13-14-10)15-6-4-5-9(8-15)12(16)17-2/h7,9H,3-6,8H2,1-2H3,(H,13,14). The third-order valence-electron chi connectivity index (χ3n) is 3.35. The first-order valence-electron chi connectivity index (χ1n) is 6.11. The molecule has 0 aromatic carbocycles. The fraction of sp³-hybridized carbons (Fsp3) is 0.667. The predicted molar refractivity (Wildman–Crippen MR) is 64.9 cm³/mol. The molecule has 1 atom stereocenters. The molecule has 0 saturated carbocycles. The van der Waals surface area contributed by atoms with Gasteiger partial charge in [0.05, 0.1) is 30.6 Å². The van der Waals surface area contributed by atoms with E-state index in [1.807, 2.05) is 6.20 Å². The molecule has 0 spiro atoms. The summed E-state index contributed by atoms with van der Waals surface area (Å²) in [5.74, 6) is -0.107. The highest BCUT2D eigenvalue weighted by Crippen LogP contribution is 2.25. The molecule has 1 unspecified atom stereocenters. The molecule has 1 N–H and O–H groups in total. The fourth-order valence-electron chi connectivity index (χ4n) is 2.39. The van der Waals surface area contributed by atoms with Crippen molar-refractivity contribution in [3.8, 4) is 0 Å². The van der Waals surface area contributed by atoms with E-state index in [0.717, 1.165) is 43.7 Å². The van der Waals surface area contributed by atoms with Crippen LogP contribution in [0.5, 0.6) is 0 Å². The molecule has 1 saturated heterocycles. The molecule has 1 aliphatic rings. The number of esters is 1. The summed E-state index contributed by atoms with van der Waals surface area (Å²) in [5.41, 5.74) is 2.26. The molecule has 17 heavy (non-hydrogen) atoms. The number of anilines is 1. The summed E-state index contributed by atoms with van der Waals surface area (Å²) in [7, 11) is 1.45. The van der Waals surface area contributed by atoms with Gasteiger partial charge in [0.15, 0.2) is 0 Å². The zero-order valence-electron chi connectivity index (χ0n) is 10.4. The molecule has 1 aromatic rings. The summed E-state index contributed by atoms with van der Waals surface area (Å²) in [4.78, 5) is 13.8. The van der Waals surface area contributed by atoms with Gasteiger partial charge in [0, 0.05) is 13.1 Å². The average molecular weight is 237 g/mol. The first kappa shape index (κ1) is 12.0. The number of aromatic nitrogens is 2. The Morgan fingerprint density at radius 1 is 1.71 bits per heavy atom. The van der Waals surface area contributed by atoms with E-state index in [9.17, 15) is 4.79 Å². The number of nitrogens with zero attached hydrogens (tertiary/aromatic N) is 2. The van der Waals surface area contributed by atoms with Gasteiger partial charge in [-0.1, -0.05) is 6.92 Å². The van der Waals surface area contributed by atoms with E-state index in [0.29, 0.717) is 0 Å². The van der Waals surface area contributed by atoms with E-state index in [1.165, 1.54) is 7.11 Å². The van der Waals surface area contributed by atoms with Crippen LogP contribution in [0.4, 0.5) is 5.69 Å². The molecule has 1 fully saturated rings. The number of hydrogen-bond acceptors (Lipinski definition) is 4. The minimum Gasteiger partial charge on any atom is -0.469 e. The van der Waals surface area contributed by atoms with Crippen LogP contribution in [0.15, 0.2) is 6.20 Å². The van der Waals surface area contributed by atoms with Crippen molar-refractivity contribution < 1.29 is 9.53 Å². The minimum absolute atomic E-state index is 0.00615. The number of aromatic amines is 1. The molecule has 1 aromatic heterocycles. The molecule has 0 radical (unpaired) electrons. The van der Waals surface area contributed by atoms with Gasteiger partial charge in [-0.05, 0) is 19.3 Å². The zero-order chi connectivity index (χ0) is 12.3. The summed E-state index contributed by atoms with van der Waals surface area (Å²) in [6.07, 6.45) is 4.71. The second-order valence-corrected chi connectivity index (χ2v) is 4.40. The maximum absolute atomic E-state index is 11.6. The van der Waals surface area contributed by atoms with Crippen LogP contribution < -0.4 is 4.90 Å². The van der Waals surface area contributed by atoms with Crippen molar-refractivity contribution in [1.29, 1.82) is 0 Å². The van der Waals surface area contributed by atoms with Crippen molar-refractivity contribution in [2.45, 2.75) is 26.2 Å². The highest BCUT2D eigenvalue weighted by Gasteiger charge is 2.27. The van der Waals surface area contributed by atoms with Crippen LogP contribution in [-0.4, -0.2) is 36.4 Å². The summed E-state index contributed by atoms with van der Waals surface area (Å²) < 4.78 is 4.82. The number of piperidine rings is 1. The summed E-state index contributed by atoms with van der Waals surface area (Å²) in [6, 6.07) is 0. The van der Waals surface area contributed by atoms with Crippen LogP contribution in [0.1, 0.15) is 25.5 Å². The highest BCUT2D eigenvalue weighted by atomic mass is 16.5. The number of rotatable bonds is 3. The third kappa shape index (κ3) is 2.43. The Balaban J connectivity index is 2.09. The first-order valence-corrected chi connectivity index (χ1v) is 6.11. The molecule has 0 aliphatic carbocycles. The molecule has 5 nitrogen and oxygen atoms in total. The normalized spacial score (nSPS) is 20.4. The van der Waals surface area contributed by atoms with Crippen molar-refractivity contribution >= 4 is 11.7 Å². The van der Waals surface area contributed by atoms with Crippen LogP contribution in [0.2, 0.25) is 0 Å². The number of carbonyl (C=O) groups is 1. The summed E-state index contributed by atoms with van der Waals surface area (Å²) in [5, 5.41) is 7.08. The lowest BCUT2D eigenvalue weighted by atomic mass is 9.97. The first-order chi connectivity index (χ1) is 8.26. The van der Waals surface area contributed by atoms with Gasteiger partial charge in [0.2, 0.25) is 0 Å². The van der Waals surface area contributed by atoms with E-state index in [2.05, 4.69) is 22.0 Å². The molecule has 0 bridgehead atoms. The Labute approximate surface area is 101 Å². The van der Waals surface area contributed by atoms with Crippen molar-refractivity contribution in [3.05, 3.63) is 11.9 Å². The smallest absolute Gasteiger partial charge is 0.310 e. The maximum Gasteiger partial charge on any atom is 0.310 e. The maximum atomic E-state index is 11.6. The predicted octanol–water partition coefficient (Wildman–Crippen LogP) is 1.36. The number of hydrogen-bond donors (Lipinski definition) is 1. The highest BCUT2D eigenvalue weighted by molar-refractivity contribution is 5.73. The van der Waals surface area contributed by atoms with Crippen molar-refractivity contribution in [2.24, 2.45) is 5.92 Å². The Kier molecular flexibility index (Phi) is 3.66. The Morgan fingerprint density at radius 2 is 2.53 bits per heavy atom. The van der Waals surface area contributed by atoms with Gasteiger partial charge in [-0.3, -0.25) is 9.89 Å². The Hall–Kier alpha value is -1.52. The van der Waals surface area contributed by atoms with Crippen molar-refractivity contribution in [2.75, 3.05) is 25.1 Å². The van der Waals surface area contributed by atoms with Crippen LogP contribution in [0.3, 0.4) is 0 Å². The topological polar surface area (TPSA) is 58.2 Å². The fourth-order valence-corrected chi connectivity index (χ4v) is 2.39. The molecular formula is C12H19N3O2. The Bertz CT molecular complexity index is 389. The lowest BCUT2D eigenvalue weighted by Gasteiger charge is -2.32.